The summed E-state index contributed by atoms with van der Waals surface area (Å²) in [6.45, 7) is 0.129. The highest BCUT2D eigenvalue weighted by atomic mass is 32.1. The Hall–Kier alpha value is -2.23. The number of esters is 1. The smallest absolute Gasteiger partial charge is 0.354 e. The lowest BCUT2D eigenvalue weighted by Gasteiger charge is -2.08. The molecule has 118 valence electrons. The Morgan fingerprint density at radius 3 is 2.95 bits per heavy atom. The molecule has 1 unspecified atom stereocenters. The maximum atomic E-state index is 11.8. The SMILES string of the molecule is COCC(N)C(=O)Nc1nc(-c2c[nH]c(C(=O)OC)c2)cs1. The fourth-order valence-corrected chi connectivity index (χ4v) is 2.41. The van der Waals surface area contributed by atoms with Crippen LogP contribution in [0.1, 0.15) is 10.5 Å². The van der Waals surface area contributed by atoms with Gasteiger partial charge < -0.3 is 25.5 Å². The van der Waals surface area contributed by atoms with Crippen molar-refractivity contribution in [2.24, 2.45) is 5.73 Å². The van der Waals surface area contributed by atoms with Crippen LogP contribution in [0.25, 0.3) is 11.3 Å². The van der Waals surface area contributed by atoms with Gasteiger partial charge in [0, 0.05) is 24.3 Å². The van der Waals surface area contributed by atoms with Crippen molar-refractivity contribution in [2.45, 2.75) is 6.04 Å². The summed E-state index contributed by atoms with van der Waals surface area (Å²) in [6.07, 6.45) is 1.64. The van der Waals surface area contributed by atoms with E-state index in [1.54, 1.807) is 17.6 Å². The lowest BCUT2D eigenvalue weighted by molar-refractivity contribution is -0.118. The highest BCUT2D eigenvalue weighted by Gasteiger charge is 2.16. The topological polar surface area (TPSA) is 119 Å². The van der Waals surface area contributed by atoms with E-state index in [2.05, 4.69) is 20.0 Å². The third-order valence-corrected chi connectivity index (χ3v) is 3.56. The summed E-state index contributed by atoms with van der Waals surface area (Å²) in [5, 5.41) is 4.81. The number of H-pyrrole nitrogens is 1. The molecule has 0 spiro atoms. The maximum Gasteiger partial charge on any atom is 0.354 e. The molecular weight excluding hydrogens is 308 g/mol. The number of ether oxygens (including phenoxy) is 2. The van der Waals surface area contributed by atoms with E-state index in [1.165, 1.54) is 25.6 Å². The van der Waals surface area contributed by atoms with Gasteiger partial charge in [-0.1, -0.05) is 0 Å². The molecule has 0 saturated heterocycles. The minimum absolute atomic E-state index is 0.129. The van der Waals surface area contributed by atoms with Gasteiger partial charge in [0.1, 0.15) is 11.7 Å². The van der Waals surface area contributed by atoms with Crippen LogP contribution in [0.3, 0.4) is 0 Å². The molecule has 8 nitrogen and oxygen atoms in total. The molecule has 2 rings (SSSR count). The summed E-state index contributed by atoms with van der Waals surface area (Å²) in [5.74, 6) is -0.826. The first-order chi connectivity index (χ1) is 10.5. The van der Waals surface area contributed by atoms with Gasteiger partial charge in [-0.25, -0.2) is 9.78 Å². The van der Waals surface area contributed by atoms with Gasteiger partial charge in [0.15, 0.2) is 5.13 Å². The third-order valence-electron chi connectivity index (χ3n) is 2.80. The summed E-state index contributed by atoms with van der Waals surface area (Å²) < 4.78 is 9.44. The number of aromatic amines is 1. The summed E-state index contributed by atoms with van der Waals surface area (Å²) in [4.78, 5) is 30.2. The Kier molecular flexibility index (Phi) is 5.26. The van der Waals surface area contributed by atoms with Crippen LogP contribution in [-0.2, 0) is 14.3 Å². The van der Waals surface area contributed by atoms with Crippen molar-refractivity contribution in [2.75, 3.05) is 26.1 Å². The van der Waals surface area contributed by atoms with E-state index < -0.39 is 12.0 Å². The summed E-state index contributed by atoms with van der Waals surface area (Å²) in [5.41, 5.74) is 7.31. The number of hydrogen-bond acceptors (Lipinski definition) is 7. The molecule has 2 aromatic heterocycles. The lowest BCUT2D eigenvalue weighted by atomic mass is 10.2. The van der Waals surface area contributed by atoms with Crippen LogP contribution in [0.2, 0.25) is 0 Å². The van der Waals surface area contributed by atoms with Gasteiger partial charge in [-0.2, -0.15) is 0 Å². The molecule has 0 fully saturated rings. The van der Waals surface area contributed by atoms with Gasteiger partial charge in [-0.15, -0.1) is 11.3 Å². The Labute approximate surface area is 130 Å². The first-order valence-corrected chi connectivity index (χ1v) is 7.21. The average molecular weight is 324 g/mol. The number of aromatic nitrogens is 2. The van der Waals surface area contributed by atoms with Gasteiger partial charge in [-0.05, 0) is 6.07 Å². The van der Waals surface area contributed by atoms with Crippen molar-refractivity contribution >= 4 is 28.3 Å². The predicted molar refractivity (Wildman–Crippen MR) is 81.7 cm³/mol. The summed E-state index contributed by atoms with van der Waals surface area (Å²) >= 11 is 1.26. The molecule has 0 radical (unpaired) electrons. The zero-order valence-electron chi connectivity index (χ0n) is 12.1. The molecule has 22 heavy (non-hydrogen) atoms. The Morgan fingerprint density at radius 2 is 2.27 bits per heavy atom. The van der Waals surface area contributed by atoms with E-state index in [0.717, 1.165) is 5.56 Å². The van der Waals surface area contributed by atoms with Gasteiger partial charge in [0.2, 0.25) is 5.91 Å². The highest BCUT2D eigenvalue weighted by molar-refractivity contribution is 7.14. The number of hydrogen-bond donors (Lipinski definition) is 3. The molecule has 2 aromatic rings. The van der Waals surface area contributed by atoms with Crippen molar-refractivity contribution in [3.63, 3.8) is 0 Å². The summed E-state index contributed by atoms with van der Waals surface area (Å²) in [6, 6.07) is 0.874. The molecule has 0 aliphatic heterocycles. The van der Waals surface area contributed by atoms with Crippen LogP contribution < -0.4 is 11.1 Å². The molecule has 9 heteroatoms. The number of nitrogens with zero attached hydrogens (tertiary/aromatic N) is 1. The second kappa shape index (κ2) is 7.16. The van der Waals surface area contributed by atoms with Crippen molar-refractivity contribution in [1.29, 1.82) is 0 Å². The minimum atomic E-state index is -0.754. The van der Waals surface area contributed by atoms with E-state index >= 15 is 0 Å². The van der Waals surface area contributed by atoms with Gasteiger partial charge in [-0.3, -0.25) is 4.79 Å². The van der Waals surface area contributed by atoms with Crippen LogP contribution in [0.4, 0.5) is 5.13 Å². The first-order valence-electron chi connectivity index (χ1n) is 6.33. The molecule has 0 aliphatic carbocycles. The van der Waals surface area contributed by atoms with E-state index in [1.807, 2.05) is 0 Å². The number of anilines is 1. The molecule has 0 aliphatic rings. The van der Waals surface area contributed by atoms with Crippen LogP contribution >= 0.6 is 11.3 Å². The van der Waals surface area contributed by atoms with Crippen molar-refractivity contribution in [3.05, 3.63) is 23.3 Å². The molecule has 0 bridgehead atoms. The fourth-order valence-electron chi connectivity index (χ4n) is 1.69. The molecule has 1 atom stereocenters. The van der Waals surface area contributed by atoms with Gasteiger partial charge in [0.05, 0.1) is 19.4 Å². The predicted octanol–water partition coefficient (Wildman–Crippen LogP) is 0.837. The quantitative estimate of drug-likeness (QED) is 0.677. The number of nitrogens with one attached hydrogen (secondary N) is 2. The zero-order valence-corrected chi connectivity index (χ0v) is 12.9. The van der Waals surface area contributed by atoms with Crippen molar-refractivity contribution in [3.8, 4) is 11.3 Å². The molecular formula is C13H16N4O4S. The molecule has 4 N–H and O–H groups in total. The van der Waals surface area contributed by atoms with E-state index in [0.29, 0.717) is 16.5 Å². The Bertz CT molecular complexity index is 667. The standard InChI is InChI=1S/C13H16N4O4S/c1-20-5-8(14)11(18)17-13-16-10(6-22-13)7-3-9(15-4-7)12(19)21-2/h3-4,6,8,15H,5,14H2,1-2H3,(H,16,17,18). The lowest BCUT2D eigenvalue weighted by Crippen LogP contribution is -2.39. The summed E-state index contributed by atoms with van der Waals surface area (Å²) in [7, 11) is 2.78. The number of rotatable bonds is 6. The zero-order chi connectivity index (χ0) is 16.1. The molecule has 1 amide bonds. The maximum absolute atomic E-state index is 11.8. The Morgan fingerprint density at radius 1 is 1.50 bits per heavy atom. The van der Waals surface area contributed by atoms with Gasteiger partial charge in [0.25, 0.3) is 0 Å². The number of carbonyl (C=O) groups excluding carboxylic acids is 2. The number of methoxy groups -OCH3 is 2. The Balaban J connectivity index is 2.06. The molecule has 0 saturated carbocycles. The first kappa shape index (κ1) is 16.1. The average Bonchev–Trinajstić information content (AvgIpc) is 3.15. The third kappa shape index (κ3) is 3.70. The number of carbonyl (C=O) groups is 2. The van der Waals surface area contributed by atoms with Crippen LogP contribution in [0, 0.1) is 0 Å². The highest BCUT2D eigenvalue weighted by Crippen LogP contribution is 2.25. The van der Waals surface area contributed by atoms with Crippen LogP contribution in [0.15, 0.2) is 17.6 Å². The fraction of sp³-hybridized carbons (Fsp3) is 0.308. The number of amides is 1. The van der Waals surface area contributed by atoms with Crippen molar-refractivity contribution in [1.82, 2.24) is 9.97 Å². The molecule has 0 aromatic carbocycles. The normalized spacial score (nSPS) is 12.0. The monoisotopic (exact) mass is 324 g/mol. The second-order valence-electron chi connectivity index (χ2n) is 4.38. The van der Waals surface area contributed by atoms with Gasteiger partial charge >= 0.3 is 5.97 Å². The van der Waals surface area contributed by atoms with E-state index in [4.69, 9.17) is 10.5 Å². The number of nitrogens with two attached hydrogens (primary N) is 1. The van der Waals surface area contributed by atoms with E-state index in [9.17, 15) is 9.59 Å². The van der Waals surface area contributed by atoms with E-state index in [-0.39, 0.29) is 12.5 Å². The molecule has 2 heterocycles. The number of thiazole rings is 1. The second-order valence-corrected chi connectivity index (χ2v) is 5.24. The largest absolute Gasteiger partial charge is 0.464 e. The van der Waals surface area contributed by atoms with Crippen molar-refractivity contribution < 1.29 is 19.1 Å². The van der Waals surface area contributed by atoms with Crippen LogP contribution in [0.5, 0.6) is 0 Å². The van der Waals surface area contributed by atoms with Crippen LogP contribution in [-0.4, -0.2) is 48.7 Å². The minimum Gasteiger partial charge on any atom is -0.464 e.